The van der Waals surface area contributed by atoms with Gasteiger partial charge in [0.2, 0.25) is 15.9 Å². The number of hydrogen-bond donors (Lipinski definition) is 1. The molecule has 0 aliphatic heterocycles. The molecule has 7 heteroatoms. The smallest absolute Gasteiger partial charge is 0.240 e. The molecule has 1 amide bonds. The van der Waals surface area contributed by atoms with Crippen molar-refractivity contribution < 1.29 is 17.9 Å². The fourth-order valence-electron chi connectivity index (χ4n) is 3.46. The quantitative estimate of drug-likeness (QED) is 0.635. The summed E-state index contributed by atoms with van der Waals surface area (Å²) < 4.78 is 31.1. The van der Waals surface area contributed by atoms with E-state index in [1.807, 2.05) is 57.2 Å². The van der Waals surface area contributed by atoms with Crippen LogP contribution in [0.4, 0.5) is 5.69 Å². The average Bonchev–Trinajstić information content (AvgIpc) is 2.63. The number of rotatable bonds is 9. The normalized spacial score (nSPS) is 11.2. The lowest BCUT2D eigenvalue weighted by Gasteiger charge is -2.26. The molecule has 0 aromatic heterocycles. The summed E-state index contributed by atoms with van der Waals surface area (Å²) in [6.07, 6.45) is 2.67. The molecular weight excluding hydrogens is 388 g/mol. The maximum absolute atomic E-state index is 12.4. The molecule has 0 saturated carbocycles. The fraction of sp³-hybridized carbons (Fsp3) is 0.409. The van der Waals surface area contributed by atoms with E-state index in [-0.39, 0.29) is 12.5 Å². The number of sulfonamides is 1. The predicted molar refractivity (Wildman–Crippen MR) is 117 cm³/mol. The van der Waals surface area contributed by atoms with E-state index in [2.05, 4.69) is 5.32 Å². The number of anilines is 1. The number of carbonyl (C=O) groups is 1. The van der Waals surface area contributed by atoms with Crippen molar-refractivity contribution in [1.29, 1.82) is 0 Å². The molecule has 0 fully saturated rings. The van der Waals surface area contributed by atoms with E-state index in [0.717, 1.165) is 47.1 Å². The first-order valence-electron chi connectivity index (χ1n) is 9.57. The number of nitrogens with one attached hydrogen (secondary N) is 1. The van der Waals surface area contributed by atoms with Crippen molar-refractivity contribution in [3.63, 3.8) is 0 Å². The van der Waals surface area contributed by atoms with Crippen molar-refractivity contribution in [3.8, 4) is 5.75 Å². The van der Waals surface area contributed by atoms with Crippen molar-refractivity contribution in [2.24, 2.45) is 0 Å². The lowest BCUT2D eigenvalue weighted by atomic mass is 10.1. The van der Waals surface area contributed by atoms with Crippen LogP contribution in [0.2, 0.25) is 0 Å². The van der Waals surface area contributed by atoms with E-state index in [9.17, 15) is 13.2 Å². The summed E-state index contributed by atoms with van der Waals surface area (Å²) in [5.74, 6) is 0.486. The van der Waals surface area contributed by atoms with Crippen LogP contribution in [0.25, 0.3) is 0 Å². The third-order valence-electron chi connectivity index (χ3n) is 4.67. The molecule has 158 valence electrons. The van der Waals surface area contributed by atoms with Crippen LogP contribution in [0.3, 0.4) is 0 Å². The van der Waals surface area contributed by atoms with E-state index in [1.54, 1.807) is 7.11 Å². The third-order valence-corrected chi connectivity index (χ3v) is 5.78. The summed E-state index contributed by atoms with van der Waals surface area (Å²) in [6.45, 7) is 5.92. The molecular formula is C22H30N2O4S. The number of benzene rings is 2. The highest BCUT2D eigenvalue weighted by Crippen LogP contribution is 2.28. The van der Waals surface area contributed by atoms with Gasteiger partial charge in [0.1, 0.15) is 12.3 Å². The Hall–Kier alpha value is -2.54. The molecule has 2 aromatic carbocycles. The highest BCUT2D eigenvalue weighted by molar-refractivity contribution is 7.92. The molecule has 6 nitrogen and oxygen atoms in total. The van der Waals surface area contributed by atoms with Crippen molar-refractivity contribution in [2.75, 3.05) is 30.8 Å². The summed E-state index contributed by atoms with van der Waals surface area (Å²) in [4.78, 5) is 12.4. The summed E-state index contributed by atoms with van der Waals surface area (Å²) in [5, 5.41) is 2.83. The van der Waals surface area contributed by atoms with Gasteiger partial charge in [0.05, 0.1) is 19.1 Å². The number of ether oxygens (including phenoxy) is 1. The van der Waals surface area contributed by atoms with Gasteiger partial charge in [-0.25, -0.2) is 8.42 Å². The molecule has 2 rings (SSSR count). The number of carbonyl (C=O) groups excluding carboxylic acids is 1. The van der Waals surface area contributed by atoms with Crippen LogP contribution in [0.1, 0.15) is 28.7 Å². The lowest BCUT2D eigenvalue weighted by Crippen LogP contribution is -2.41. The zero-order valence-corrected chi connectivity index (χ0v) is 18.6. The van der Waals surface area contributed by atoms with Crippen LogP contribution in [-0.4, -0.2) is 40.8 Å². The van der Waals surface area contributed by atoms with Crippen molar-refractivity contribution >= 4 is 21.6 Å². The van der Waals surface area contributed by atoms with E-state index in [4.69, 9.17) is 4.74 Å². The van der Waals surface area contributed by atoms with Crippen LogP contribution in [0, 0.1) is 20.8 Å². The summed E-state index contributed by atoms with van der Waals surface area (Å²) in [7, 11) is -1.96. The zero-order valence-electron chi connectivity index (χ0n) is 17.8. The molecule has 0 spiro atoms. The number of methoxy groups -OCH3 is 1. The van der Waals surface area contributed by atoms with Gasteiger partial charge in [-0.05, 0) is 62.4 Å². The molecule has 1 N–H and O–H groups in total. The molecule has 0 aliphatic rings. The van der Waals surface area contributed by atoms with Crippen LogP contribution < -0.4 is 14.4 Å². The van der Waals surface area contributed by atoms with E-state index in [0.29, 0.717) is 12.2 Å². The van der Waals surface area contributed by atoms with E-state index >= 15 is 0 Å². The first-order valence-corrected chi connectivity index (χ1v) is 11.4. The van der Waals surface area contributed by atoms with Gasteiger partial charge >= 0.3 is 0 Å². The SMILES string of the molecule is COc1cccc(CCCNC(=O)CN(c2c(C)cc(C)cc2C)S(C)(=O)=O)c1. The molecule has 0 aliphatic carbocycles. The number of aryl methyl sites for hydroxylation is 4. The zero-order chi connectivity index (χ0) is 21.6. The molecule has 0 bridgehead atoms. The predicted octanol–water partition coefficient (Wildman–Crippen LogP) is 3.14. The van der Waals surface area contributed by atoms with Crippen LogP contribution in [0.5, 0.6) is 5.75 Å². The fourth-order valence-corrected chi connectivity index (χ4v) is 4.43. The molecule has 0 heterocycles. The molecule has 2 aromatic rings. The minimum Gasteiger partial charge on any atom is -0.497 e. The topological polar surface area (TPSA) is 75.7 Å². The largest absolute Gasteiger partial charge is 0.497 e. The minimum atomic E-state index is -3.59. The standard InChI is InChI=1S/C22H30N2O4S/c1-16-12-17(2)22(18(3)13-16)24(29(5,26)27)15-21(25)23-11-7-9-19-8-6-10-20(14-19)28-4/h6,8,10,12-14H,7,9,11,15H2,1-5H3,(H,23,25). The average molecular weight is 419 g/mol. The van der Waals surface area contributed by atoms with Crippen molar-refractivity contribution in [1.82, 2.24) is 5.32 Å². The van der Waals surface area contributed by atoms with Crippen LogP contribution in [0.15, 0.2) is 36.4 Å². The second kappa shape index (κ2) is 9.78. The Balaban J connectivity index is 1.99. The van der Waals surface area contributed by atoms with Gasteiger partial charge in [-0.3, -0.25) is 9.10 Å². The molecule has 29 heavy (non-hydrogen) atoms. The molecule has 0 saturated heterocycles. The third kappa shape index (κ3) is 6.49. The first kappa shape index (κ1) is 22.7. The van der Waals surface area contributed by atoms with Gasteiger partial charge in [-0.15, -0.1) is 0 Å². The molecule has 0 radical (unpaired) electrons. The van der Waals surface area contributed by atoms with Crippen molar-refractivity contribution in [3.05, 3.63) is 58.7 Å². The van der Waals surface area contributed by atoms with Gasteiger partial charge in [0.25, 0.3) is 0 Å². The Bertz CT molecular complexity index is 948. The minimum absolute atomic E-state index is 0.233. The summed E-state index contributed by atoms with van der Waals surface area (Å²) >= 11 is 0. The maximum Gasteiger partial charge on any atom is 0.240 e. The van der Waals surface area contributed by atoms with Gasteiger partial charge < -0.3 is 10.1 Å². The number of nitrogens with zero attached hydrogens (tertiary/aromatic N) is 1. The first-order chi connectivity index (χ1) is 13.6. The van der Waals surface area contributed by atoms with E-state index in [1.165, 1.54) is 4.31 Å². The van der Waals surface area contributed by atoms with Crippen molar-refractivity contribution in [2.45, 2.75) is 33.6 Å². The Kier molecular flexibility index (Phi) is 7.67. The highest BCUT2D eigenvalue weighted by atomic mass is 32.2. The van der Waals surface area contributed by atoms with Gasteiger partial charge in [-0.2, -0.15) is 0 Å². The second-order valence-corrected chi connectivity index (χ2v) is 9.23. The maximum atomic E-state index is 12.4. The Morgan fingerprint density at radius 3 is 2.34 bits per heavy atom. The number of hydrogen-bond acceptors (Lipinski definition) is 4. The Morgan fingerprint density at radius 2 is 1.76 bits per heavy atom. The van der Waals surface area contributed by atoms with Gasteiger partial charge in [-0.1, -0.05) is 29.8 Å². The summed E-state index contributed by atoms with van der Waals surface area (Å²) in [6, 6.07) is 11.6. The highest BCUT2D eigenvalue weighted by Gasteiger charge is 2.24. The number of amides is 1. The van der Waals surface area contributed by atoms with Gasteiger partial charge in [0, 0.05) is 6.54 Å². The second-order valence-electron chi connectivity index (χ2n) is 7.32. The lowest BCUT2D eigenvalue weighted by molar-refractivity contribution is -0.119. The van der Waals surface area contributed by atoms with Gasteiger partial charge in [0.15, 0.2) is 0 Å². The van der Waals surface area contributed by atoms with Crippen LogP contribution in [-0.2, 0) is 21.2 Å². The van der Waals surface area contributed by atoms with E-state index < -0.39 is 10.0 Å². The monoisotopic (exact) mass is 418 g/mol. The molecule has 0 atom stereocenters. The molecule has 0 unspecified atom stereocenters. The van der Waals surface area contributed by atoms with Crippen LogP contribution >= 0.6 is 0 Å². The Morgan fingerprint density at radius 1 is 1.10 bits per heavy atom. The Labute approximate surface area is 173 Å². The summed E-state index contributed by atoms with van der Waals surface area (Å²) in [5.41, 5.74) is 4.42.